The molecule has 0 radical (unpaired) electrons. The van der Waals surface area contributed by atoms with Crippen molar-refractivity contribution in [1.29, 1.82) is 0 Å². The number of fused-ring (bicyclic) bond motifs is 2. The Morgan fingerprint density at radius 2 is 1.48 bits per heavy atom. The van der Waals surface area contributed by atoms with E-state index < -0.39 is 53.1 Å². The van der Waals surface area contributed by atoms with E-state index in [1.807, 2.05) is 0 Å². The minimum atomic E-state index is -1.78. The molecule has 3 rings (SSSR count). The largest absolute Gasteiger partial charge is 0.378 e. The molecule has 1 unspecified atom stereocenters. The van der Waals surface area contributed by atoms with Crippen LogP contribution in [0.1, 0.15) is 34.1 Å². The van der Waals surface area contributed by atoms with E-state index in [1.165, 1.54) is 0 Å². The van der Waals surface area contributed by atoms with E-state index in [0.29, 0.717) is 6.42 Å². The van der Waals surface area contributed by atoms with E-state index in [2.05, 4.69) is 0 Å². The van der Waals surface area contributed by atoms with Crippen molar-refractivity contribution in [3.63, 3.8) is 0 Å². The van der Waals surface area contributed by atoms with E-state index in [1.54, 1.807) is 27.7 Å². The van der Waals surface area contributed by atoms with E-state index in [4.69, 9.17) is 18.9 Å². The van der Waals surface area contributed by atoms with Crippen LogP contribution in [-0.4, -0.2) is 58.2 Å². The number of aliphatic hydroxyl groups is 1. The molecule has 8 nitrogen and oxygen atoms in total. The Labute approximate surface area is 122 Å². The highest BCUT2D eigenvalue weighted by Crippen LogP contribution is 2.48. The maximum Gasteiger partial charge on any atom is 0.237 e. The van der Waals surface area contributed by atoms with Crippen LogP contribution in [0.4, 0.5) is 0 Å². The fraction of sp³-hybridized carbons (Fsp3) is 1.00. The van der Waals surface area contributed by atoms with Crippen molar-refractivity contribution in [3.8, 4) is 0 Å². The van der Waals surface area contributed by atoms with Gasteiger partial charge in [-0.1, -0.05) is 0 Å². The van der Waals surface area contributed by atoms with E-state index in [-0.39, 0.29) is 0 Å². The molecule has 1 saturated carbocycles. The summed E-state index contributed by atoms with van der Waals surface area (Å²) in [4.78, 5) is 10.5. The van der Waals surface area contributed by atoms with Gasteiger partial charge in [-0.05, 0) is 27.7 Å². The van der Waals surface area contributed by atoms with Gasteiger partial charge in [-0.25, -0.2) is 0 Å². The van der Waals surface area contributed by atoms with Crippen molar-refractivity contribution >= 4 is 0 Å². The molecule has 0 aromatic carbocycles. The van der Waals surface area contributed by atoms with Gasteiger partial charge in [0.2, 0.25) is 6.54 Å². The lowest BCUT2D eigenvalue weighted by atomic mass is 9.76. The molecule has 0 spiro atoms. The molecular weight excluding hydrogens is 282 g/mol. The van der Waals surface area contributed by atoms with Crippen LogP contribution in [0.5, 0.6) is 0 Å². The molecule has 5 atom stereocenters. The molecule has 2 saturated heterocycles. The second-order valence-corrected chi connectivity index (χ2v) is 6.91. The van der Waals surface area contributed by atoms with Gasteiger partial charge in [-0.2, -0.15) is 0 Å². The third kappa shape index (κ3) is 2.44. The van der Waals surface area contributed by atoms with Crippen molar-refractivity contribution in [2.24, 2.45) is 0 Å². The highest BCUT2D eigenvalue weighted by atomic mass is 16.8. The predicted molar refractivity (Wildman–Crippen MR) is 69.1 cm³/mol. The number of hydrogen-bond acceptors (Lipinski definition) is 7. The van der Waals surface area contributed by atoms with Crippen LogP contribution < -0.4 is 0 Å². The Bertz CT molecular complexity index is 433. The molecule has 3 fully saturated rings. The molecule has 3 aliphatic rings. The Balaban J connectivity index is 1.96. The zero-order chi connectivity index (χ0) is 15.6. The first-order valence-electron chi connectivity index (χ1n) is 7.08. The molecule has 1 aliphatic carbocycles. The van der Waals surface area contributed by atoms with Gasteiger partial charge in [-0.15, -0.1) is 0 Å². The van der Waals surface area contributed by atoms with Gasteiger partial charge in [0.1, 0.15) is 12.2 Å². The predicted octanol–water partition coefficient (Wildman–Crippen LogP) is 0.438. The fourth-order valence-corrected chi connectivity index (χ4v) is 3.64. The van der Waals surface area contributed by atoms with Crippen molar-refractivity contribution in [3.05, 3.63) is 10.1 Å². The van der Waals surface area contributed by atoms with Crippen molar-refractivity contribution in [2.75, 3.05) is 6.54 Å². The Hall–Kier alpha value is -0.800. The lowest BCUT2D eigenvalue weighted by Crippen LogP contribution is -2.66. The average molecular weight is 303 g/mol. The standard InChI is InChI=1S/C13H21NO7/c1-11(2)18-7-5-8-10(21-12(3,4)19-8)13(15,6-14(16)17)9(7)20-11/h7-10,15H,5-6H2,1-4H3/t7-,8+,9-,10-,13?/m0/s1. The van der Waals surface area contributed by atoms with Gasteiger partial charge < -0.3 is 24.1 Å². The smallest absolute Gasteiger partial charge is 0.237 e. The number of ether oxygens (including phenoxy) is 4. The second kappa shape index (κ2) is 4.36. The van der Waals surface area contributed by atoms with Crippen LogP contribution in [0.15, 0.2) is 0 Å². The topological polar surface area (TPSA) is 100 Å². The summed E-state index contributed by atoms with van der Waals surface area (Å²) in [5.41, 5.74) is -1.78. The summed E-state index contributed by atoms with van der Waals surface area (Å²) in [5, 5.41) is 22.0. The lowest BCUT2D eigenvalue weighted by molar-refractivity contribution is -0.511. The molecule has 0 aromatic heterocycles. The van der Waals surface area contributed by atoms with Crippen LogP contribution in [0, 0.1) is 10.1 Å². The molecule has 2 aliphatic heterocycles. The molecule has 2 heterocycles. The van der Waals surface area contributed by atoms with Crippen LogP contribution in [-0.2, 0) is 18.9 Å². The third-order valence-electron chi connectivity index (χ3n) is 4.20. The number of rotatable bonds is 2. The Kier molecular flexibility index (Phi) is 3.14. The summed E-state index contributed by atoms with van der Waals surface area (Å²) >= 11 is 0. The minimum Gasteiger partial charge on any atom is -0.378 e. The molecule has 21 heavy (non-hydrogen) atoms. The number of hydrogen-bond donors (Lipinski definition) is 1. The molecule has 0 amide bonds. The second-order valence-electron chi connectivity index (χ2n) is 6.91. The van der Waals surface area contributed by atoms with Gasteiger partial charge in [0.25, 0.3) is 0 Å². The fourth-order valence-electron chi connectivity index (χ4n) is 3.64. The summed E-state index contributed by atoms with van der Waals surface area (Å²) < 4.78 is 23.0. The van der Waals surface area contributed by atoms with Crippen LogP contribution in [0.25, 0.3) is 0 Å². The molecule has 1 N–H and O–H groups in total. The molecular formula is C13H21NO7. The maximum atomic E-state index is 11.0. The molecule has 120 valence electrons. The van der Waals surface area contributed by atoms with Crippen LogP contribution in [0.3, 0.4) is 0 Å². The third-order valence-corrected chi connectivity index (χ3v) is 4.20. The first kappa shape index (κ1) is 15.1. The highest BCUT2D eigenvalue weighted by molar-refractivity contribution is 5.11. The summed E-state index contributed by atoms with van der Waals surface area (Å²) in [6.07, 6.45) is -2.05. The quantitative estimate of drug-likeness (QED) is 0.583. The zero-order valence-electron chi connectivity index (χ0n) is 12.6. The highest BCUT2D eigenvalue weighted by Gasteiger charge is 2.67. The van der Waals surface area contributed by atoms with E-state index in [9.17, 15) is 15.2 Å². The Morgan fingerprint density at radius 1 is 1.05 bits per heavy atom. The van der Waals surface area contributed by atoms with Crippen LogP contribution >= 0.6 is 0 Å². The first-order valence-corrected chi connectivity index (χ1v) is 7.08. The van der Waals surface area contributed by atoms with Crippen molar-refractivity contribution < 1.29 is 29.0 Å². The molecule has 0 aromatic rings. The normalized spacial score (nSPS) is 46.9. The first-order chi connectivity index (χ1) is 9.52. The summed E-state index contributed by atoms with van der Waals surface area (Å²) in [7, 11) is 0. The van der Waals surface area contributed by atoms with E-state index in [0.717, 1.165) is 0 Å². The summed E-state index contributed by atoms with van der Waals surface area (Å²) in [6.45, 7) is 6.21. The number of nitro groups is 1. The minimum absolute atomic E-state index is 0.455. The lowest BCUT2D eigenvalue weighted by Gasteiger charge is -2.42. The average Bonchev–Trinajstić information content (AvgIpc) is 2.74. The molecule has 8 heteroatoms. The monoisotopic (exact) mass is 303 g/mol. The SMILES string of the molecule is CC1(C)O[C@H]2C[C@H]3OC(C)(C)O[C@@H]3C(O)(C[N+](=O)[O-])[C@H]2O1. The van der Waals surface area contributed by atoms with Gasteiger partial charge in [0.05, 0.1) is 12.2 Å². The van der Waals surface area contributed by atoms with Crippen molar-refractivity contribution in [1.82, 2.24) is 0 Å². The van der Waals surface area contributed by atoms with Crippen molar-refractivity contribution in [2.45, 2.75) is 75.7 Å². The maximum absolute atomic E-state index is 11.0. The van der Waals surface area contributed by atoms with Gasteiger partial charge >= 0.3 is 0 Å². The Morgan fingerprint density at radius 3 is 1.86 bits per heavy atom. The summed E-state index contributed by atoms with van der Waals surface area (Å²) in [6, 6.07) is 0. The zero-order valence-corrected chi connectivity index (χ0v) is 12.6. The van der Waals surface area contributed by atoms with Gasteiger partial charge in [0, 0.05) is 11.3 Å². The van der Waals surface area contributed by atoms with E-state index >= 15 is 0 Å². The van der Waals surface area contributed by atoms with Gasteiger partial charge in [-0.3, -0.25) is 10.1 Å². The molecule has 0 bridgehead atoms. The summed E-state index contributed by atoms with van der Waals surface area (Å²) in [5.74, 6) is -1.79. The van der Waals surface area contributed by atoms with Gasteiger partial charge in [0.15, 0.2) is 17.2 Å². The number of nitrogens with zero attached hydrogens (tertiary/aromatic N) is 1. The van der Waals surface area contributed by atoms with Crippen LogP contribution in [0.2, 0.25) is 0 Å².